The molecule has 1 saturated carbocycles. The highest BCUT2D eigenvalue weighted by atomic mass is 127. The number of likely N-dealkylation sites (tertiary alicyclic amines) is 1. The molecular weight excluding hydrogens is 469 g/mol. The first kappa shape index (κ1) is 23.7. The molecule has 3 aliphatic rings. The number of carbonyl (C=O) groups is 1. The van der Waals surface area contributed by atoms with Gasteiger partial charge in [-0.05, 0) is 47.0 Å². The first-order chi connectivity index (χ1) is 12.6. The van der Waals surface area contributed by atoms with E-state index in [1.54, 1.807) is 0 Å². The van der Waals surface area contributed by atoms with E-state index in [0.29, 0.717) is 24.6 Å². The molecule has 2 aliphatic heterocycles. The Labute approximate surface area is 187 Å². The smallest absolute Gasteiger partial charge is 0.311 e. The Morgan fingerprint density at radius 3 is 2.68 bits per heavy atom. The van der Waals surface area contributed by atoms with Gasteiger partial charge in [0.15, 0.2) is 5.96 Å². The van der Waals surface area contributed by atoms with Crippen molar-refractivity contribution in [1.29, 1.82) is 0 Å². The van der Waals surface area contributed by atoms with Gasteiger partial charge < -0.3 is 19.7 Å². The van der Waals surface area contributed by atoms with Crippen molar-refractivity contribution in [2.45, 2.75) is 78.6 Å². The number of guanidine groups is 1. The van der Waals surface area contributed by atoms with Crippen molar-refractivity contribution in [1.82, 2.24) is 10.2 Å². The quantitative estimate of drug-likeness (QED) is 0.275. The number of hydrogen-bond acceptors (Lipinski definition) is 4. The lowest BCUT2D eigenvalue weighted by Crippen LogP contribution is -2.71. The van der Waals surface area contributed by atoms with Gasteiger partial charge in [-0.2, -0.15) is 0 Å². The van der Waals surface area contributed by atoms with Crippen molar-refractivity contribution in [3.8, 4) is 0 Å². The van der Waals surface area contributed by atoms with Crippen LogP contribution in [0.4, 0.5) is 0 Å². The Morgan fingerprint density at radius 1 is 1.32 bits per heavy atom. The zero-order valence-electron chi connectivity index (χ0n) is 18.3. The molecule has 2 saturated heterocycles. The molecule has 0 amide bonds. The SMILES string of the molecule is CCN=C(NC1C2CCCOC2C1(C)C)N1CCC(C(=O)OC(C)(C)C)C1.I. The third-order valence-corrected chi connectivity index (χ3v) is 6.15. The third kappa shape index (κ3) is 4.94. The maximum absolute atomic E-state index is 12.4. The molecule has 0 aromatic heterocycles. The van der Waals surface area contributed by atoms with E-state index in [9.17, 15) is 4.79 Å². The maximum atomic E-state index is 12.4. The lowest BCUT2D eigenvalue weighted by atomic mass is 9.55. The summed E-state index contributed by atoms with van der Waals surface area (Å²) in [6, 6.07) is 0.369. The number of rotatable bonds is 3. The molecule has 28 heavy (non-hydrogen) atoms. The van der Waals surface area contributed by atoms with Gasteiger partial charge in [-0.1, -0.05) is 13.8 Å². The largest absolute Gasteiger partial charge is 0.460 e. The minimum absolute atomic E-state index is 0. The summed E-state index contributed by atoms with van der Waals surface area (Å²) in [4.78, 5) is 19.4. The number of ether oxygens (including phenoxy) is 2. The summed E-state index contributed by atoms with van der Waals surface area (Å²) in [6.07, 6.45) is 3.52. The maximum Gasteiger partial charge on any atom is 0.311 e. The molecule has 0 aromatic carbocycles. The van der Waals surface area contributed by atoms with Crippen LogP contribution in [0.2, 0.25) is 0 Å². The lowest BCUT2D eigenvalue weighted by Gasteiger charge is -2.60. The van der Waals surface area contributed by atoms with E-state index in [4.69, 9.17) is 14.5 Å². The molecule has 1 N–H and O–H groups in total. The van der Waals surface area contributed by atoms with Gasteiger partial charge in [-0.3, -0.25) is 9.79 Å². The fraction of sp³-hybridized carbons (Fsp3) is 0.905. The lowest BCUT2D eigenvalue weighted by molar-refractivity contribution is -0.188. The van der Waals surface area contributed by atoms with Crippen molar-refractivity contribution >= 4 is 35.9 Å². The molecule has 1 aliphatic carbocycles. The van der Waals surface area contributed by atoms with Gasteiger partial charge in [0.1, 0.15) is 5.60 Å². The van der Waals surface area contributed by atoms with Gasteiger partial charge in [-0.15, -0.1) is 24.0 Å². The minimum atomic E-state index is -0.435. The Balaban J connectivity index is 0.00000280. The second-order valence-corrected chi connectivity index (χ2v) is 9.80. The number of halogens is 1. The van der Waals surface area contributed by atoms with Crippen LogP contribution < -0.4 is 5.32 Å². The summed E-state index contributed by atoms with van der Waals surface area (Å²) in [5.41, 5.74) is -0.334. The van der Waals surface area contributed by atoms with Gasteiger partial charge in [0.25, 0.3) is 0 Å². The van der Waals surface area contributed by atoms with Gasteiger partial charge in [0, 0.05) is 43.6 Å². The predicted octanol–water partition coefficient (Wildman–Crippen LogP) is 3.44. The topological polar surface area (TPSA) is 63.2 Å². The summed E-state index contributed by atoms with van der Waals surface area (Å²) in [5.74, 6) is 1.32. The molecule has 3 rings (SSSR count). The van der Waals surface area contributed by atoms with Gasteiger partial charge in [0.2, 0.25) is 0 Å². The van der Waals surface area contributed by atoms with Crippen LogP contribution in [0, 0.1) is 17.3 Å². The molecular formula is C21H38IN3O3. The fourth-order valence-electron chi connectivity index (χ4n) is 4.87. The minimum Gasteiger partial charge on any atom is -0.460 e. The standard InChI is InChI=1S/C21H37N3O3.HI/c1-7-22-19(23-16-15-9-8-12-26-17(15)21(16,5)6)24-11-10-14(13-24)18(25)27-20(2,3)4;/h14-17H,7-13H2,1-6H3,(H,22,23);1H. The van der Waals surface area contributed by atoms with Gasteiger partial charge in [-0.25, -0.2) is 0 Å². The van der Waals surface area contributed by atoms with Gasteiger partial charge >= 0.3 is 5.97 Å². The Bertz CT molecular complexity index is 588. The van der Waals surface area contributed by atoms with E-state index in [-0.39, 0.29) is 41.3 Å². The van der Waals surface area contributed by atoms with E-state index >= 15 is 0 Å². The summed E-state index contributed by atoms with van der Waals surface area (Å²) in [7, 11) is 0. The zero-order chi connectivity index (χ0) is 19.8. The first-order valence-corrected chi connectivity index (χ1v) is 10.5. The highest BCUT2D eigenvalue weighted by molar-refractivity contribution is 14.0. The normalized spacial score (nSPS) is 32.1. The Morgan fingerprint density at radius 2 is 2.04 bits per heavy atom. The number of aliphatic imine (C=N–C) groups is 1. The van der Waals surface area contributed by atoms with Crippen LogP contribution in [0.15, 0.2) is 4.99 Å². The van der Waals surface area contributed by atoms with E-state index < -0.39 is 5.60 Å². The Hall–Kier alpha value is -0.570. The highest BCUT2D eigenvalue weighted by Crippen LogP contribution is 2.51. The molecule has 6 nitrogen and oxygen atoms in total. The number of carbonyl (C=O) groups excluding carboxylic acids is 1. The highest BCUT2D eigenvalue weighted by Gasteiger charge is 2.58. The molecule has 0 radical (unpaired) electrons. The van der Waals surface area contributed by atoms with Crippen LogP contribution in [-0.4, -0.2) is 60.8 Å². The predicted molar refractivity (Wildman–Crippen MR) is 122 cm³/mol. The Kier molecular flexibility index (Phi) is 7.67. The summed E-state index contributed by atoms with van der Waals surface area (Å²) < 4.78 is 11.6. The van der Waals surface area contributed by atoms with Crippen molar-refractivity contribution in [2.75, 3.05) is 26.2 Å². The van der Waals surface area contributed by atoms with Crippen LogP contribution >= 0.6 is 24.0 Å². The van der Waals surface area contributed by atoms with Crippen molar-refractivity contribution in [3.05, 3.63) is 0 Å². The molecule has 0 bridgehead atoms. The van der Waals surface area contributed by atoms with Gasteiger partial charge in [0.05, 0.1) is 12.0 Å². The molecule has 162 valence electrons. The van der Waals surface area contributed by atoms with Crippen LogP contribution in [0.1, 0.15) is 60.8 Å². The van der Waals surface area contributed by atoms with Crippen LogP contribution in [-0.2, 0) is 14.3 Å². The second kappa shape index (κ2) is 9.06. The number of esters is 1. The van der Waals surface area contributed by atoms with Crippen molar-refractivity contribution < 1.29 is 14.3 Å². The molecule has 0 aromatic rings. The van der Waals surface area contributed by atoms with E-state index in [2.05, 4.69) is 31.0 Å². The van der Waals surface area contributed by atoms with E-state index in [0.717, 1.165) is 38.5 Å². The summed E-state index contributed by atoms with van der Waals surface area (Å²) in [5, 5.41) is 3.74. The van der Waals surface area contributed by atoms with Crippen molar-refractivity contribution in [3.63, 3.8) is 0 Å². The molecule has 2 heterocycles. The van der Waals surface area contributed by atoms with E-state index in [1.807, 2.05) is 20.8 Å². The molecule has 4 unspecified atom stereocenters. The third-order valence-electron chi connectivity index (χ3n) is 6.15. The number of fused-ring (bicyclic) bond motifs is 1. The molecule has 0 spiro atoms. The molecule has 4 atom stereocenters. The van der Waals surface area contributed by atoms with Crippen LogP contribution in [0.25, 0.3) is 0 Å². The number of nitrogens with zero attached hydrogens (tertiary/aromatic N) is 2. The monoisotopic (exact) mass is 507 g/mol. The summed E-state index contributed by atoms with van der Waals surface area (Å²) in [6.45, 7) is 15.5. The molecule has 7 heteroatoms. The van der Waals surface area contributed by atoms with E-state index in [1.165, 1.54) is 6.42 Å². The number of nitrogens with one attached hydrogen (secondary N) is 1. The zero-order valence-corrected chi connectivity index (χ0v) is 20.6. The average molecular weight is 507 g/mol. The second-order valence-electron chi connectivity index (χ2n) is 9.80. The average Bonchev–Trinajstić information content (AvgIpc) is 3.07. The number of hydrogen-bond donors (Lipinski definition) is 1. The van der Waals surface area contributed by atoms with Crippen LogP contribution in [0.5, 0.6) is 0 Å². The van der Waals surface area contributed by atoms with Crippen LogP contribution in [0.3, 0.4) is 0 Å². The fourth-order valence-corrected chi connectivity index (χ4v) is 4.87. The van der Waals surface area contributed by atoms with Crippen molar-refractivity contribution in [2.24, 2.45) is 22.2 Å². The molecule has 3 fully saturated rings. The first-order valence-electron chi connectivity index (χ1n) is 10.5. The summed E-state index contributed by atoms with van der Waals surface area (Å²) >= 11 is 0.